The zero-order valence-corrected chi connectivity index (χ0v) is 13.7. The fourth-order valence-electron chi connectivity index (χ4n) is 3.00. The van der Waals surface area contributed by atoms with Crippen molar-refractivity contribution in [3.8, 4) is 0 Å². The lowest BCUT2D eigenvalue weighted by Crippen LogP contribution is -2.51. The third kappa shape index (κ3) is 3.50. The number of fused-ring (bicyclic) bond motifs is 1. The molecule has 23 heavy (non-hydrogen) atoms. The summed E-state index contributed by atoms with van der Waals surface area (Å²) in [5.41, 5.74) is 2.07. The molecule has 2 aromatic rings. The van der Waals surface area contributed by atoms with Gasteiger partial charge in [0.1, 0.15) is 0 Å². The van der Waals surface area contributed by atoms with Gasteiger partial charge in [-0.25, -0.2) is 0 Å². The summed E-state index contributed by atoms with van der Waals surface area (Å²) >= 11 is 5.61. The van der Waals surface area contributed by atoms with Crippen LogP contribution in [0.2, 0.25) is 0 Å². The monoisotopic (exact) mass is 333 g/mol. The van der Waals surface area contributed by atoms with Crippen LogP contribution in [0, 0.1) is 0 Å². The molecule has 3 rings (SSSR count). The van der Waals surface area contributed by atoms with Gasteiger partial charge < -0.3 is 14.8 Å². The summed E-state index contributed by atoms with van der Waals surface area (Å²) in [5, 5.41) is 1.09. The molecule has 0 aliphatic carbocycles. The molecule has 0 spiro atoms. The minimum atomic E-state index is 0.0729. The highest BCUT2D eigenvalue weighted by molar-refractivity contribution is 6.18. The molecule has 1 N–H and O–H groups in total. The summed E-state index contributed by atoms with van der Waals surface area (Å²) in [5.74, 6) is 0.529. The Hall–Kier alpha value is -2.01. The fraction of sp³-hybridized carbons (Fsp3) is 0.412. The Kier molecular flexibility index (Phi) is 4.86. The first kappa shape index (κ1) is 15.9. The summed E-state index contributed by atoms with van der Waals surface area (Å²) in [6.45, 7) is 2.37. The molecule has 5 nitrogen and oxygen atoms in total. The number of hydrogen-bond acceptors (Lipinski definition) is 2. The van der Waals surface area contributed by atoms with Gasteiger partial charge in [-0.05, 0) is 11.6 Å². The molecule has 6 heteroatoms. The van der Waals surface area contributed by atoms with Crippen molar-refractivity contribution in [2.45, 2.75) is 12.8 Å². The Labute approximate surface area is 140 Å². The predicted molar refractivity (Wildman–Crippen MR) is 90.5 cm³/mol. The quantitative estimate of drug-likeness (QED) is 0.870. The molecule has 1 aromatic heterocycles. The van der Waals surface area contributed by atoms with E-state index < -0.39 is 0 Å². The number of piperazine rings is 1. The number of amides is 2. The number of rotatable bonds is 4. The lowest BCUT2D eigenvalue weighted by Gasteiger charge is -2.34. The topological polar surface area (TPSA) is 56.4 Å². The average molecular weight is 334 g/mol. The third-order valence-electron chi connectivity index (χ3n) is 4.31. The Morgan fingerprint density at radius 2 is 1.70 bits per heavy atom. The smallest absolute Gasteiger partial charge is 0.227 e. The number of nitrogens with zero attached hydrogens (tertiary/aromatic N) is 2. The zero-order chi connectivity index (χ0) is 16.2. The molecule has 1 aromatic carbocycles. The van der Waals surface area contributed by atoms with Crippen LogP contribution < -0.4 is 0 Å². The van der Waals surface area contributed by atoms with Crippen LogP contribution in [-0.4, -0.2) is 58.7 Å². The highest BCUT2D eigenvalue weighted by Crippen LogP contribution is 2.19. The van der Waals surface area contributed by atoms with Gasteiger partial charge in [0.25, 0.3) is 0 Å². The lowest BCUT2D eigenvalue weighted by molar-refractivity contribution is -0.138. The van der Waals surface area contributed by atoms with Gasteiger partial charge in [0.05, 0.1) is 6.42 Å². The molecule has 1 aliphatic heterocycles. The van der Waals surface area contributed by atoms with Gasteiger partial charge in [0, 0.05) is 55.6 Å². The van der Waals surface area contributed by atoms with Crippen molar-refractivity contribution in [2.75, 3.05) is 32.1 Å². The number of para-hydroxylation sites is 1. The van der Waals surface area contributed by atoms with Crippen LogP contribution >= 0.6 is 11.6 Å². The van der Waals surface area contributed by atoms with E-state index in [2.05, 4.69) is 4.98 Å². The summed E-state index contributed by atoms with van der Waals surface area (Å²) in [6, 6.07) is 7.98. The highest BCUT2D eigenvalue weighted by Gasteiger charge is 2.24. The number of hydrogen-bond donors (Lipinski definition) is 1. The van der Waals surface area contributed by atoms with Crippen LogP contribution in [0.5, 0.6) is 0 Å². The van der Waals surface area contributed by atoms with E-state index in [1.54, 1.807) is 4.90 Å². The molecule has 1 fully saturated rings. The third-order valence-corrected chi connectivity index (χ3v) is 4.50. The van der Waals surface area contributed by atoms with Gasteiger partial charge >= 0.3 is 0 Å². The SMILES string of the molecule is O=C(CCCl)N1CCN(C(=O)Cc2c[nH]c3ccccc23)CC1. The van der Waals surface area contributed by atoms with Gasteiger partial charge in [0.15, 0.2) is 0 Å². The molecule has 1 saturated heterocycles. The predicted octanol–water partition coefficient (Wildman–Crippen LogP) is 2.01. The normalized spacial score (nSPS) is 15.2. The second-order valence-corrected chi connectivity index (χ2v) is 6.11. The number of halogens is 1. The van der Waals surface area contributed by atoms with E-state index in [-0.39, 0.29) is 11.8 Å². The van der Waals surface area contributed by atoms with E-state index in [0.29, 0.717) is 44.9 Å². The van der Waals surface area contributed by atoms with E-state index >= 15 is 0 Å². The van der Waals surface area contributed by atoms with Crippen LogP contribution in [-0.2, 0) is 16.0 Å². The minimum absolute atomic E-state index is 0.0729. The van der Waals surface area contributed by atoms with Crippen molar-refractivity contribution in [1.29, 1.82) is 0 Å². The molecule has 0 radical (unpaired) electrons. The minimum Gasteiger partial charge on any atom is -0.361 e. The van der Waals surface area contributed by atoms with E-state index in [0.717, 1.165) is 16.5 Å². The molecule has 0 bridgehead atoms. The Morgan fingerprint density at radius 3 is 2.39 bits per heavy atom. The van der Waals surface area contributed by atoms with Gasteiger partial charge in [-0.3, -0.25) is 9.59 Å². The first-order chi connectivity index (χ1) is 11.2. The van der Waals surface area contributed by atoms with Crippen molar-refractivity contribution in [1.82, 2.24) is 14.8 Å². The first-order valence-electron chi connectivity index (χ1n) is 7.85. The maximum atomic E-state index is 12.5. The number of nitrogens with one attached hydrogen (secondary N) is 1. The summed E-state index contributed by atoms with van der Waals surface area (Å²) in [4.78, 5) is 31.1. The van der Waals surface area contributed by atoms with Crippen LogP contribution in [0.3, 0.4) is 0 Å². The average Bonchev–Trinajstić information content (AvgIpc) is 2.98. The molecule has 122 valence electrons. The number of H-pyrrole nitrogens is 1. The summed E-state index contributed by atoms with van der Waals surface area (Å²) in [7, 11) is 0. The first-order valence-corrected chi connectivity index (χ1v) is 8.39. The number of carbonyl (C=O) groups is 2. The summed E-state index contributed by atoms with van der Waals surface area (Å²) < 4.78 is 0. The van der Waals surface area contributed by atoms with Gasteiger partial charge in [-0.2, -0.15) is 0 Å². The molecule has 1 aliphatic rings. The number of carbonyl (C=O) groups excluding carboxylic acids is 2. The van der Waals surface area contributed by atoms with Crippen LogP contribution in [0.4, 0.5) is 0 Å². The summed E-state index contributed by atoms with van der Waals surface area (Å²) in [6.07, 6.45) is 2.66. The van der Waals surface area contributed by atoms with E-state index in [1.165, 1.54) is 0 Å². The van der Waals surface area contributed by atoms with Crippen molar-refractivity contribution in [3.63, 3.8) is 0 Å². The van der Waals surface area contributed by atoms with Crippen LogP contribution in [0.15, 0.2) is 30.5 Å². The van der Waals surface area contributed by atoms with Crippen LogP contribution in [0.1, 0.15) is 12.0 Å². The number of benzene rings is 1. The van der Waals surface area contributed by atoms with Crippen molar-refractivity contribution >= 4 is 34.3 Å². The largest absolute Gasteiger partial charge is 0.361 e. The van der Waals surface area contributed by atoms with E-state index in [1.807, 2.05) is 35.4 Å². The standard InChI is InChI=1S/C17H20ClN3O2/c18-6-5-16(22)20-7-9-21(10-8-20)17(23)11-13-12-19-15-4-2-1-3-14(13)15/h1-4,12,19H,5-11H2. The zero-order valence-electron chi connectivity index (χ0n) is 12.9. The Morgan fingerprint density at radius 1 is 1.04 bits per heavy atom. The Bertz CT molecular complexity index is 705. The van der Waals surface area contributed by atoms with Crippen molar-refractivity contribution in [3.05, 3.63) is 36.0 Å². The van der Waals surface area contributed by atoms with Gasteiger partial charge in [-0.1, -0.05) is 18.2 Å². The second-order valence-electron chi connectivity index (χ2n) is 5.74. The molecule has 2 amide bonds. The maximum Gasteiger partial charge on any atom is 0.227 e. The second kappa shape index (κ2) is 7.04. The van der Waals surface area contributed by atoms with E-state index in [4.69, 9.17) is 11.6 Å². The van der Waals surface area contributed by atoms with Crippen LogP contribution in [0.25, 0.3) is 10.9 Å². The Balaban J connectivity index is 1.59. The van der Waals surface area contributed by atoms with Gasteiger partial charge in [-0.15, -0.1) is 11.6 Å². The van der Waals surface area contributed by atoms with Gasteiger partial charge in [0.2, 0.25) is 11.8 Å². The molecule has 0 atom stereocenters. The molecule has 0 saturated carbocycles. The van der Waals surface area contributed by atoms with E-state index in [9.17, 15) is 9.59 Å². The fourth-order valence-corrected chi connectivity index (χ4v) is 3.16. The van der Waals surface area contributed by atoms with Crippen molar-refractivity contribution in [2.24, 2.45) is 0 Å². The number of aromatic nitrogens is 1. The lowest BCUT2D eigenvalue weighted by atomic mass is 10.1. The molecular formula is C17H20ClN3O2. The molecule has 0 unspecified atom stereocenters. The highest BCUT2D eigenvalue weighted by atomic mass is 35.5. The molecule has 2 heterocycles. The number of alkyl halides is 1. The van der Waals surface area contributed by atoms with Crippen molar-refractivity contribution < 1.29 is 9.59 Å². The number of aromatic amines is 1. The maximum absolute atomic E-state index is 12.5. The molecular weight excluding hydrogens is 314 g/mol.